The second kappa shape index (κ2) is 7.32. The molecule has 5 nitrogen and oxygen atoms in total. The average molecular weight is 376 g/mol. The molecule has 136 valence electrons. The van der Waals surface area contributed by atoms with Gasteiger partial charge >= 0.3 is 0 Å². The Labute approximate surface area is 162 Å². The molecule has 27 heavy (non-hydrogen) atoms. The molecule has 2 heterocycles. The van der Waals surface area contributed by atoms with E-state index in [9.17, 15) is 0 Å². The maximum atomic E-state index is 5.50. The number of aromatic nitrogens is 4. The molecule has 0 aliphatic carbocycles. The highest BCUT2D eigenvalue weighted by Gasteiger charge is 2.16. The van der Waals surface area contributed by atoms with Gasteiger partial charge in [-0.1, -0.05) is 22.9 Å². The molecule has 0 saturated carbocycles. The maximum absolute atomic E-state index is 5.50. The Balaban J connectivity index is 1.63. The smallest absolute Gasteiger partial charge is 0.146 e. The van der Waals surface area contributed by atoms with E-state index in [-0.39, 0.29) is 0 Å². The van der Waals surface area contributed by atoms with E-state index < -0.39 is 0 Å². The van der Waals surface area contributed by atoms with Crippen molar-refractivity contribution < 1.29 is 4.74 Å². The summed E-state index contributed by atoms with van der Waals surface area (Å²) in [7, 11) is 0. The van der Waals surface area contributed by atoms with Crippen LogP contribution in [0.2, 0.25) is 0 Å². The summed E-state index contributed by atoms with van der Waals surface area (Å²) in [4.78, 5) is 4.77. The third kappa shape index (κ3) is 3.48. The van der Waals surface area contributed by atoms with Crippen LogP contribution in [-0.4, -0.2) is 26.6 Å². The van der Waals surface area contributed by atoms with E-state index in [2.05, 4.69) is 34.7 Å². The Morgan fingerprint density at radius 3 is 2.44 bits per heavy atom. The van der Waals surface area contributed by atoms with Crippen molar-refractivity contribution in [2.45, 2.75) is 20.8 Å². The van der Waals surface area contributed by atoms with Crippen molar-refractivity contribution in [3.05, 3.63) is 65.2 Å². The minimum absolute atomic E-state index is 0.663. The molecule has 0 atom stereocenters. The summed E-state index contributed by atoms with van der Waals surface area (Å²) in [6, 6.07) is 16.2. The molecule has 0 unspecified atom stereocenters. The molecule has 0 aliphatic rings. The molecule has 0 bridgehead atoms. The van der Waals surface area contributed by atoms with Gasteiger partial charge in [0, 0.05) is 10.9 Å². The van der Waals surface area contributed by atoms with Gasteiger partial charge in [-0.25, -0.2) is 9.67 Å². The van der Waals surface area contributed by atoms with Crippen LogP contribution in [0.3, 0.4) is 0 Å². The van der Waals surface area contributed by atoms with Crippen LogP contribution in [-0.2, 0) is 0 Å². The van der Waals surface area contributed by atoms with Crippen LogP contribution >= 0.6 is 11.3 Å². The molecule has 0 aliphatic heterocycles. The first-order chi connectivity index (χ1) is 13.2. The van der Waals surface area contributed by atoms with Gasteiger partial charge in [0.05, 0.1) is 23.7 Å². The van der Waals surface area contributed by atoms with Crippen LogP contribution in [0.15, 0.2) is 53.9 Å². The zero-order chi connectivity index (χ0) is 18.8. The first-order valence-electron chi connectivity index (χ1n) is 8.84. The zero-order valence-corrected chi connectivity index (χ0v) is 16.3. The maximum Gasteiger partial charge on any atom is 0.146 e. The lowest BCUT2D eigenvalue weighted by atomic mass is 10.2. The van der Waals surface area contributed by atoms with Gasteiger partial charge in [0.2, 0.25) is 0 Å². The predicted octanol–water partition coefficient (Wildman–Crippen LogP) is 5.07. The van der Waals surface area contributed by atoms with Crippen LogP contribution < -0.4 is 4.74 Å². The third-order valence-corrected chi connectivity index (χ3v) is 5.19. The number of nitrogens with zero attached hydrogens (tertiary/aromatic N) is 4. The van der Waals surface area contributed by atoms with E-state index in [0.717, 1.165) is 39.1 Å². The number of aryl methyl sites for hydroxylation is 1. The lowest BCUT2D eigenvalue weighted by Crippen LogP contribution is -1.98. The molecule has 4 aromatic rings. The van der Waals surface area contributed by atoms with Gasteiger partial charge in [-0.2, -0.15) is 0 Å². The van der Waals surface area contributed by atoms with E-state index in [4.69, 9.17) is 9.72 Å². The molecule has 0 radical (unpaired) electrons. The van der Waals surface area contributed by atoms with Gasteiger partial charge in [0.1, 0.15) is 16.5 Å². The number of ether oxygens (including phenoxy) is 1. The monoisotopic (exact) mass is 376 g/mol. The Kier molecular flexibility index (Phi) is 4.73. The molecule has 6 heteroatoms. The third-order valence-electron chi connectivity index (χ3n) is 4.34. The molecular weight excluding hydrogens is 356 g/mol. The second-order valence-corrected chi connectivity index (χ2v) is 7.12. The van der Waals surface area contributed by atoms with Gasteiger partial charge in [-0.15, -0.1) is 16.4 Å². The highest BCUT2D eigenvalue weighted by atomic mass is 32.1. The minimum atomic E-state index is 0.663. The van der Waals surface area contributed by atoms with Crippen LogP contribution in [0.1, 0.15) is 18.2 Å². The minimum Gasteiger partial charge on any atom is -0.494 e. The molecule has 0 fully saturated rings. The zero-order valence-electron chi connectivity index (χ0n) is 15.5. The Bertz CT molecular complexity index is 1050. The first kappa shape index (κ1) is 17.4. The summed E-state index contributed by atoms with van der Waals surface area (Å²) in [6.45, 7) is 6.73. The van der Waals surface area contributed by atoms with Crippen molar-refractivity contribution in [2.75, 3.05) is 6.61 Å². The molecular formula is C21H20N4OS. The van der Waals surface area contributed by atoms with E-state index >= 15 is 0 Å². The lowest BCUT2D eigenvalue weighted by molar-refractivity contribution is 0.340. The van der Waals surface area contributed by atoms with Crippen molar-refractivity contribution in [3.63, 3.8) is 0 Å². The normalized spacial score (nSPS) is 10.9. The predicted molar refractivity (Wildman–Crippen MR) is 109 cm³/mol. The van der Waals surface area contributed by atoms with Gasteiger partial charge in [0.15, 0.2) is 0 Å². The van der Waals surface area contributed by atoms with Crippen molar-refractivity contribution in [1.82, 2.24) is 20.0 Å². The molecule has 0 saturated heterocycles. The van der Waals surface area contributed by atoms with Crippen LogP contribution in [0.5, 0.6) is 5.75 Å². The SMILES string of the molecule is CCOc1ccc(-c2csc(-c3nnn(-c4ccc(C)cc4)c3C)n2)cc1. The van der Waals surface area contributed by atoms with Crippen LogP contribution in [0, 0.1) is 13.8 Å². The van der Waals surface area contributed by atoms with Crippen LogP contribution in [0.25, 0.3) is 27.6 Å². The average Bonchev–Trinajstić information content (AvgIpc) is 3.30. The van der Waals surface area contributed by atoms with Crippen molar-refractivity contribution in [1.29, 1.82) is 0 Å². The molecule has 2 aromatic heterocycles. The second-order valence-electron chi connectivity index (χ2n) is 6.27. The fourth-order valence-electron chi connectivity index (χ4n) is 2.86. The highest BCUT2D eigenvalue weighted by Crippen LogP contribution is 2.30. The van der Waals surface area contributed by atoms with Gasteiger partial charge in [-0.3, -0.25) is 0 Å². The van der Waals surface area contributed by atoms with Crippen molar-refractivity contribution >= 4 is 11.3 Å². The summed E-state index contributed by atoms with van der Waals surface area (Å²) >= 11 is 1.58. The fourth-order valence-corrected chi connectivity index (χ4v) is 3.72. The van der Waals surface area contributed by atoms with Crippen molar-refractivity contribution in [3.8, 4) is 33.4 Å². The van der Waals surface area contributed by atoms with Gasteiger partial charge in [-0.05, 0) is 57.2 Å². The topological polar surface area (TPSA) is 52.8 Å². The first-order valence-corrected chi connectivity index (χ1v) is 9.72. The Morgan fingerprint density at radius 1 is 1.00 bits per heavy atom. The van der Waals surface area contributed by atoms with Gasteiger partial charge < -0.3 is 4.74 Å². The molecule has 0 spiro atoms. The van der Waals surface area contributed by atoms with Crippen molar-refractivity contribution in [2.24, 2.45) is 0 Å². The molecule has 0 N–H and O–H groups in total. The fraction of sp³-hybridized carbons (Fsp3) is 0.190. The Morgan fingerprint density at radius 2 is 1.74 bits per heavy atom. The Hall–Kier alpha value is -2.99. The quantitative estimate of drug-likeness (QED) is 0.488. The van der Waals surface area contributed by atoms with E-state index in [1.54, 1.807) is 11.3 Å². The number of rotatable bonds is 5. The summed E-state index contributed by atoms with van der Waals surface area (Å²) in [5, 5.41) is 11.6. The summed E-state index contributed by atoms with van der Waals surface area (Å²) in [5.74, 6) is 0.869. The summed E-state index contributed by atoms with van der Waals surface area (Å²) in [5.41, 5.74) is 6.01. The lowest BCUT2D eigenvalue weighted by Gasteiger charge is -2.03. The number of thiazole rings is 1. The summed E-state index contributed by atoms with van der Waals surface area (Å²) in [6.07, 6.45) is 0. The van der Waals surface area contributed by atoms with E-state index in [1.165, 1.54) is 5.56 Å². The largest absolute Gasteiger partial charge is 0.494 e. The number of hydrogen-bond donors (Lipinski definition) is 0. The number of hydrogen-bond acceptors (Lipinski definition) is 5. The summed E-state index contributed by atoms with van der Waals surface area (Å²) < 4.78 is 7.35. The van der Waals surface area contributed by atoms with E-state index in [1.807, 2.05) is 54.9 Å². The number of benzene rings is 2. The molecule has 0 amide bonds. The molecule has 4 rings (SSSR count). The standard InChI is InChI=1S/C21H20N4OS/c1-4-26-18-11-7-16(8-12-18)19-13-27-21(22-19)20-15(3)25(24-23-20)17-9-5-14(2)6-10-17/h5-13H,4H2,1-3H3. The molecule has 2 aromatic carbocycles. The van der Waals surface area contributed by atoms with Crippen LogP contribution in [0.4, 0.5) is 0 Å². The van der Waals surface area contributed by atoms with E-state index in [0.29, 0.717) is 6.61 Å². The van der Waals surface area contributed by atoms with Gasteiger partial charge in [0.25, 0.3) is 0 Å². The highest BCUT2D eigenvalue weighted by molar-refractivity contribution is 7.13.